The number of pyridine rings is 1. The number of ether oxygens (including phenoxy) is 1. The first-order valence-electron chi connectivity index (χ1n) is 12.6. The number of nitrogens with two attached hydrogens (primary N) is 1. The number of nitro groups is 1. The quantitative estimate of drug-likeness (QED) is 0.186. The molecule has 0 spiro atoms. The molecule has 4 aromatic rings. The number of benzene rings is 3. The molecule has 0 saturated carbocycles. The number of primary sulfonamides is 1. The Bertz CT molecular complexity index is 1830. The molecule has 0 radical (unpaired) electrons. The molecule has 0 bridgehead atoms. The van der Waals surface area contributed by atoms with Gasteiger partial charge in [-0.05, 0) is 72.4 Å². The van der Waals surface area contributed by atoms with Crippen LogP contribution in [0.1, 0.15) is 40.0 Å². The van der Waals surface area contributed by atoms with Crippen molar-refractivity contribution in [3.8, 4) is 0 Å². The number of hydrogen-bond acceptors (Lipinski definition) is 8. The molecule has 0 saturated heterocycles. The highest BCUT2D eigenvalue weighted by Gasteiger charge is 2.26. The fourth-order valence-electron chi connectivity index (χ4n) is 4.77. The molecule has 208 valence electrons. The number of allylic oxidation sites excluding steroid dienone is 1. The average Bonchev–Trinajstić information content (AvgIpc) is 2.95. The van der Waals surface area contributed by atoms with Crippen LogP contribution in [-0.2, 0) is 26.0 Å². The summed E-state index contributed by atoms with van der Waals surface area (Å²) < 4.78 is 28.3. The zero-order valence-corrected chi connectivity index (χ0v) is 22.4. The highest BCUT2D eigenvalue weighted by molar-refractivity contribution is 7.89. The summed E-state index contributed by atoms with van der Waals surface area (Å²) in [4.78, 5) is 41.4. The van der Waals surface area contributed by atoms with Crippen LogP contribution in [0, 0.1) is 10.1 Å². The lowest BCUT2D eigenvalue weighted by molar-refractivity contribution is -0.384. The minimum absolute atomic E-state index is 0.0234. The van der Waals surface area contributed by atoms with E-state index < -0.39 is 33.4 Å². The van der Waals surface area contributed by atoms with Crippen LogP contribution in [0.2, 0.25) is 0 Å². The van der Waals surface area contributed by atoms with E-state index in [-0.39, 0.29) is 10.6 Å². The Morgan fingerprint density at radius 2 is 1.80 bits per heavy atom. The number of nitrogens with zero attached hydrogens (tertiary/aromatic N) is 2. The Balaban J connectivity index is 1.42. The molecule has 5 rings (SSSR count). The number of non-ortho nitro benzene ring substituents is 1. The van der Waals surface area contributed by atoms with E-state index >= 15 is 0 Å². The van der Waals surface area contributed by atoms with E-state index in [0.717, 1.165) is 12.0 Å². The van der Waals surface area contributed by atoms with Gasteiger partial charge in [0.1, 0.15) is 0 Å². The Kier molecular flexibility index (Phi) is 7.60. The van der Waals surface area contributed by atoms with Crippen molar-refractivity contribution < 1.29 is 27.7 Å². The standard InChI is InChI=1S/C29H24N4O7S/c30-41(38,39)22-13-11-20(12-14-22)31-26(34)17-40-29(35)27-23-8-1-2-10-25(23)32-28-19(6-4-9-24(27)28)15-18-5-3-7-21(16-18)33(36)37/h1-3,5,7-8,10-16H,4,6,9,17H2,(H,31,34)(H2,30,38,39)/b19-15+. The van der Waals surface area contributed by atoms with Gasteiger partial charge in [0, 0.05) is 23.2 Å². The smallest absolute Gasteiger partial charge is 0.339 e. The van der Waals surface area contributed by atoms with Crippen molar-refractivity contribution in [3.05, 3.63) is 105 Å². The van der Waals surface area contributed by atoms with E-state index in [0.29, 0.717) is 51.8 Å². The highest BCUT2D eigenvalue weighted by Crippen LogP contribution is 2.36. The molecule has 0 fully saturated rings. The lowest BCUT2D eigenvalue weighted by Crippen LogP contribution is -2.22. The lowest BCUT2D eigenvalue weighted by Gasteiger charge is -2.22. The molecule has 3 N–H and O–H groups in total. The van der Waals surface area contributed by atoms with Crippen molar-refractivity contribution in [1.29, 1.82) is 0 Å². The van der Waals surface area contributed by atoms with Gasteiger partial charge in [0.25, 0.3) is 11.6 Å². The number of para-hydroxylation sites is 1. The van der Waals surface area contributed by atoms with Gasteiger partial charge in [0.05, 0.1) is 26.6 Å². The Labute approximate surface area is 234 Å². The summed E-state index contributed by atoms with van der Waals surface area (Å²) in [5.74, 6) is -1.30. The van der Waals surface area contributed by atoms with Gasteiger partial charge in [0.15, 0.2) is 6.61 Å². The summed E-state index contributed by atoms with van der Waals surface area (Å²) in [6.45, 7) is -0.572. The topological polar surface area (TPSA) is 172 Å². The Morgan fingerprint density at radius 1 is 1.05 bits per heavy atom. The van der Waals surface area contributed by atoms with Crippen molar-refractivity contribution in [1.82, 2.24) is 4.98 Å². The lowest BCUT2D eigenvalue weighted by atomic mass is 9.86. The Morgan fingerprint density at radius 3 is 2.54 bits per heavy atom. The third-order valence-corrected chi connectivity index (χ3v) is 7.53. The second-order valence-corrected chi connectivity index (χ2v) is 11.0. The molecule has 12 heteroatoms. The minimum Gasteiger partial charge on any atom is -0.452 e. The molecule has 11 nitrogen and oxygen atoms in total. The first kappa shape index (κ1) is 27.6. The number of amides is 1. The zero-order valence-electron chi connectivity index (χ0n) is 21.6. The molecule has 3 aromatic carbocycles. The Hall–Kier alpha value is -4.94. The third-order valence-electron chi connectivity index (χ3n) is 6.60. The number of sulfonamides is 1. The first-order chi connectivity index (χ1) is 19.6. The molecule has 1 aromatic heterocycles. The predicted molar refractivity (Wildman–Crippen MR) is 152 cm³/mol. The fraction of sp³-hybridized carbons (Fsp3) is 0.138. The third kappa shape index (κ3) is 6.13. The van der Waals surface area contributed by atoms with E-state index in [2.05, 4.69) is 5.32 Å². The van der Waals surface area contributed by atoms with Crippen LogP contribution < -0.4 is 10.5 Å². The normalized spacial score (nSPS) is 13.9. The summed E-state index contributed by atoms with van der Waals surface area (Å²) in [6, 6.07) is 18.7. The average molecular weight is 573 g/mol. The molecular weight excluding hydrogens is 548 g/mol. The van der Waals surface area contributed by atoms with Gasteiger partial charge < -0.3 is 10.1 Å². The summed E-state index contributed by atoms with van der Waals surface area (Å²) in [6.07, 6.45) is 3.80. The van der Waals surface area contributed by atoms with Crippen molar-refractivity contribution in [2.75, 3.05) is 11.9 Å². The highest BCUT2D eigenvalue weighted by atomic mass is 32.2. The number of nitrogens with one attached hydrogen (secondary N) is 1. The first-order valence-corrected chi connectivity index (χ1v) is 14.1. The van der Waals surface area contributed by atoms with Crippen molar-refractivity contribution in [2.45, 2.75) is 24.2 Å². The summed E-state index contributed by atoms with van der Waals surface area (Å²) >= 11 is 0. The molecular formula is C29H24N4O7S. The predicted octanol–water partition coefficient (Wildman–Crippen LogP) is 4.46. The van der Waals surface area contributed by atoms with Gasteiger partial charge in [-0.2, -0.15) is 0 Å². The van der Waals surface area contributed by atoms with Gasteiger partial charge in [-0.3, -0.25) is 14.9 Å². The number of fused-ring (bicyclic) bond motifs is 2. The van der Waals surface area contributed by atoms with Gasteiger partial charge in [-0.15, -0.1) is 0 Å². The largest absolute Gasteiger partial charge is 0.452 e. The van der Waals surface area contributed by atoms with Gasteiger partial charge in [-0.25, -0.2) is 23.3 Å². The van der Waals surface area contributed by atoms with Gasteiger partial charge >= 0.3 is 5.97 Å². The van der Waals surface area contributed by atoms with E-state index in [1.54, 1.807) is 36.4 Å². The maximum absolute atomic E-state index is 13.4. The van der Waals surface area contributed by atoms with Crippen LogP contribution in [0.15, 0.2) is 77.7 Å². The molecule has 0 unspecified atom stereocenters. The molecule has 41 heavy (non-hydrogen) atoms. The van der Waals surface area contributed by atoms with Gasteiger partial charge in [0.2, 0.25) is 10.0 Å². The van der Waals surface area contributed by atoms with E-state index in [1.165, 1.54) is 36.4 Å². The number of esters is 1. The van der Waals surface area contributed by atoms with Crippen molar-refractivity contribution in [2.24, 2.45) is 5.14 Å². The van der Waals surface area contributed by atoms with E-state index in [9.17, 15) is 28.1 Å². The number of hydrogen-bond donors (Lipinski definition) is 2. The minimum atomic E-state index is -3.87. The molecule has 1 aliphatic carbocycles. The maximum Gasteiger partial charge on any atom is 0.339 e. The zero-order chi connectivity index (χ0) is 29.1. The molecule has 0 aliphatic heterocycles. The van der Waals surface area contributed by atoms with Crippen molar-refractivity contribution >= 4 is 55.8 Å². The number of rotatable bonds is 7. The van der Waals surface area contributed by atoms with Crippen LogP contribution in [0.4, 0.5) is 11.4 Å². The molecule has 1 heterocycles. The van der Waals surface area contributed by atoms with E-state index in [1.807, 2.05) is 6.08 Å². The number of anilines is 1. The van der Waals surface area contributed by atoms with Crippen LogP contribution in [0.5, 0.6) is 0 Å². The number of carbonyl (C=O) groups is 2. The van der Waals surface area contributed by atoms with Crippen LogP contribution >= 0.6 is 0 Å². The SMILES string of the molecule is NS(=O)(=O)c1ccc(NC(=O)COC(=O)c2c3c(nc4ccccc24)/C(=C/c2cccc([N+](=O)[O-])c2)CCC3)cc1. The van der Waals surface area contributed by atoms with Crippen LogP contribution in [0.25, 0.3) is 22.6 Å². The molecule has 0 atom stereocenters. The van der Waals surface area contributed by atoms with Crippen LogP contribution in [-0.4, -0.2) is 36.8 Å². The monoisotopic (exact) mass is 572 g/mol. The van der Waals surface area contributed by atoms with E-state index in [4.69, 9.17) is 14.9 Å². The summed E-state index contributed by atoms with van der Waals surface area (Å²) in [7, 11) is -3.87. The van der Waals surface area contributed by atoms with Gasteiger partial charge in [-0.1, -0.05) is 30.3 Å². The molecule has 1 aliphatic rings. The van der Waals surface area contributed by atoms with Crippen LogP contribution in [0.3, 0.4) is 0 Å². The molecule has 1 amide bonds. The maximum atomic E-state index is 13.4. The summed E-state index contributed by atoms with van der Waals surface area (Å²) in [5, 5.41) is 19.5. The second-order valence-electron chi connectivity index (χ2n) is 9.40. The summed E-state index contributed by atoms with van der Waals surface area (Å²) in [5.41, 5.74) is 3.97. The fourth-order valence-corrected chi connectivity index (χ4v) is 5.28. The number of nitro benzene ring substituents is 1. The second kappa shape index (κ2) is 11.3. The number of carbonyl (C=O) groups excluding carboxylic acids is 2. The number of aromatic nitrogens is 1. The van der Waals surface area contributed by atoms with Crippen molar-refractivity contribution in [3.63, 3.8) is 0 Å².